The van der Waals surface area contributed by atoms with Crippen molar-refractivity contribution in [2.75, 3.05) is 13.2 Å². The number of nitro groups is 1. The molecule has 0 spiro atoms. The standard InChI is InChI=1S/C12H15NO5/c1-3-17-12(18-4-2)11(14)9-6-5-7-10(8-9)13(15)16/h5-8,12H,3-4H2,1-2H3. The smallest absolute Gasteiger partial charge is 0.270 e. The van der Waals surface area contributed by atoms with Gasteiger partial charge < -0.3 is 9.47 Å². The van der Waals surface area contributed by atoms with Crippen molar-refractivity contribution in [1.82, 2.24) is 0 Å². The van der Waals surface area contributed by atoms with Crippen LogP contribution in [0.25, 0.3) is 0 Å². The zero-order chi connectivity index (χ0) is 13.5. The van der Waals surface area contributed by atoms with E-state index in [0.29, 0.717) is 13.2 Å². The van der Waals surface area contributed by atoms with Gasteiger partial charge >= 0.3 is 0 Å². The van der Waals surface area contributed by atoms with Crippen LogP contribution in [-0.4, -0.2) is 30.2 Å². The quantitative estimate of drug-likeness (QED) is 0.322. The number of benzene rings is 1. The highest BCUT2D eigenvalue weighted by Gasteiger charge is 2.22. The number of hydrogen-bond donors (Lipinski definition) is 0. The Morgan fingerprint density at radius 2 is 1.94 bits per heavy atom. The van der Waals surface area contributed by atoms with Crippen LogP contribution in [-0.2, 0) is 9.47 Å². The average Bonchev–Trinajstić information content (AvgIpc) is 2.38. The van der Waals surface area contributed by atoms with Crippen LogP contribution in [0.1, 0.15) is 24.2 Å². The van der Waals surface area contributed by atoms with Gasteiger partial charge in [-0.15, -0.1) is 0 Å². The second kappa shape index (κ2) is 6.83. The molecule has 6 heteroatoms. The number of rotatable bonds is 7. The molecule has 0 aliphatic rings. The fourth-order valence-electron chi connectivity index (χ4n) is 1.41. The molecule has 0 atom stereocenters. The third-order valence-corrected chi connectivity index (χ3v) is 2.19. The number of ketones is 1. The van der Waals surface area contributed by atoms with Gasteiger partial charge in [0.2, 0.25) is 12.1 Å². The summed E-state index contributed by atoms with van der Waals surface area (Å²) in [6, 6.07) is 5.50. The molecule has 0 unspecified atom stereocenters. The predicted octanol–water partition coefficient (Wildman–Crippen LogP) is 2.18. The second-order valence-corrected chi connectivity index (χ2v) is 3.41. The van der Waals surface area contributed by atoms with Crippen molar-refractivity contribution in [2.45, 2.75) is 20.1 Å². The number of carbonyl (C=O) groups excluding carboxylic acids is 1. The maximum atomic E-state index is 12.0. The molecule has 0 aliphatic heterocycles. The van der Waals surface area contributed by atoms with Crippen LogP contribution in [0.15, 0.2) is 24.3 Å². The van der Waals surface area contributed by atoms with E-state index in [4.69, 9.17) is 9.47 Å². The molecule has 0 saturated carbocycles. The minimum absolute atomic E-state index is 0.132. The summed E-state index contributed by atoms with van der Waals surface area (Å²) in [5.41, 5.74) is 0.0729. The maximum absolute atomic E-state index is 12.0. The molecule has 0 fully saturated rings. The predicted molar refractivity (Wildman–Crippen MR) is 64.5 cm³/mol. The molecule has 0 amide bonds. The molecule has 0 aliphatic carbocycles. The Balaban J connectivity index is 2.93. The normalized spacial score (nSPS) is 10.6. The minimum atomic E-state index is -1.01. The molecule has 1 rings (SSSR count). The van der Waals surface area contributed by atoms with Crippen molar-refractivity contribution in [3.8, 4) is 0 Å². The van der Waals surface area contributed by atoms with E-state index >= 15 is 0 Å². The van der Waals surface area contributed by atoms with Gasteiger partial charge in [0.05, 0.1) is 4.92 Å². The summed E-state index contributed by atoms with van der Waals surface area (Å²) in [5.74, 6) is -0.414. The Morgan fingerprint density at radius 1 is 1.33 bits per heavy atom. The Labute approximate surface area is 105 Å². The van der Waals surface area contributed by atoms with Gasteiger partial charge in [0.25, 0.3) is 5.69 Å². The summed E-state index contributed by atoms with van der Waals surface area (Å²) in [6.07, 6.45) is -1.01. The van der Waals surface area contributed by atoms with E-state index in [1.807, 2.05) is 0 Å². The van der Waals surface area contributed by atoms with E-state index in [0.717, 1.165) is 0 Å². The van der Waals surface area contributed by atoms with Gasteiger partial charge in [0.15, 0.2) is 0 Å². The molecule has 0 heterocycles. The Morgan fingerprint density at radius 3 is 2.44 bits per heavy atom. The van der Waals surface area contributed by atoms with Crippen LogP contribution in [0.3, 0.4) is 0 Å². The first-order valence-corrected chi connectivity index (χ1v) is 5.62. The summed E-state index contributed by atoms with van der Waals surface area (Å²) in [4.78, 5) is 22.1. The van der Waals surface area contributed by atoms with Gasteiger partial charge in [-0.2, -0.15) is 0 Å². The lowest BCUT2D eigenvalue weighted by Gasteiger charge is -2.15. The Hall–Kier alpha value is -1.79. The number of nitro benzene ring substituents is 1. The van der Waals surface area contributed by atoms with Crippen LogP contribution in [0.5, 0.6) is 0 Å². The van der Waals surface area contributed by atoms with Crippen molar-refractivity contribution in [3.05, 3.63) is 39.9 Å². The van der Waals surface area contributed by atoms with E-state index < -0.39 is 17.0 Å². The lowest BCUT2D eigenvalue weighted by Crippen LogP contribution is -2.27. The number of hydrogen-bond acceptors (Lipinski definition) is 5. The Bertz CT molecular complexity index is 426. The number of Topliss-reactive ketones (excluding diaryl/α,β-unsaturated/α-hetero) is 1. The van der Waals surface area contributed by atoms with Gasteiger partial charge in [-0.25, -0.2) is 0 Å². The van der Waals surface area contributed by atoms with E-state index in [2.05, 4.69) is 0 Å². The summed E-state index contributed by atoms with van der Waals surface area (Å²) >= 11 is 0. The largest absolute Gasteiger partial charge is 0.346 e. The van der Waals surface area contributed by atoms with Crippen molar-refractivity contribution in [2.24, 2.45) is 0 Å². The van der Waals surface area contributed by atoms with Crippen molar-refractivity contribution < 1.29 is 19.2 Å². The van der Waals surface area contributed by atoms with Crippen molar-refractivity contribution in [3.63, 3.8) is 0 Å². The first-order valence-electron chi connectivity index (χ1n) is 5.62. The number of ether oxygens (including phenoxy) is 2. The SMILES string of the molecule is CCOC(OCC)C(=O)c1cccc([N+](=O)[O-])c1. The molecule has 0 aromatic heterocycles. The second-order valence-electron chi connectivity index (χ2n) is 3.41. The first-order chi connectivity index (χ1) is 8.60. The van der Waals surface area contributed by atoms with Gasteiger partial charge in [0, 0.05) is 30.9 Å². The fraction of sp³-hybridized carbons (Fsp3) is 0.417. The van der Waals surface area contributed by atoms with Crippen molar-refractivity contribution in [1.29, 1.82) is 0 Å². The summed E-state index contributed by atoms with van der Waals surface area (Å²) < 4.78 is 10.3. The van der Waals surface area contributed by atoms with Crippen molar-refractivity contribution >= 4 is 11.5 Å². The molecule has 1 aromatic rings. The maximum Gasteiger partial charge on any atom is 0.270 e. The van der Waals surface area contributed by atoms with Gasteiger partial charge in [-0.05, 0) is 13.8 Å². The Kier molecular flexibility index (Phi) is 5.41. The number of carbonyl (C=O) groups is 1. The minimum Gasteiger partial charge on any atom is -0.346 e. The molecule has 98 valence electrons. The lowest BCUT2D eigenvalue weighted by molar-refractivity contribution is -0.384. The molecule has 0 radical (unpaired) electrons. The third kappa shape index (κ3) is 3.61. The highest BCUT2D eigenvalue weighted by Crippen LogP contribution is 2.15. The summed E-state index contributed by atoms with van der Waals surface area (Å²) in [7, 11) is 0. The molecular formula is C12H15NO5. The molecule has 0 bridgehead atoms. The molecule has 6 nitrogen and oxygen atoms in total. The van der Waals surface area contributed by atoms with Gasteiger partial charge in [0.1, 0.15) is 0 Å². The zero-order valence-corrected chi connectivity index (χ0v) is 10.3. The van der Waals surface area contributed by atoms with E-state index in [1.54, 1.807) is 13.8 Å². The van der Waals surface area contributed by atoms with Crippen LogP contribution in [0.4, 0.5) is 5.69 Å². The summed E-state index contributed by atoms with van der Waals surface area (Å²) in [6.45, 7) is 4.14. The average molecular weight is 253 g/mol. The number of nitrogens with zero attached hydrogens (tertiary/aromatic N) is 1. The van der Waals surface area contributed by atoms with Gasteiger partial charge in [-0.3, -0.25) is 14.9 Å². The van der Waals surface area contributed by atoms with Crippen LogP contribution >= 0.6 is 0 Å². The topological polar surface area (TPSA) is 78.7 Å². The van der Waals surface area contributed by atoms with Gasteiger partial charge in [-0.1, -0.05) is 12.1 Å². The van der Waals surface area contributed by atoms with E-state index in [1.165, 1.54) is 24.3 Å². The highest BCUT2D eigenvalue weighted by molar-refractivity contribution is 5.99. The molecular weight excluding hydrogens is 238 g/mol. The molecule has 0 saturated heterocycles. The van der Waals surface area contributed by atoms with E-state index in [-0.39, 0.29) is 11.3 Å². The van der Waals surface area contributed by atoms with Crippen LogP contribution in [0.2, 0.25) is 0 Å². The van der Waals surface area contributed by atoms with Crippen LogP contribution < -0.4 is 0 Å². The zero-order valence-electron chi connectivity index (χ0n) is 10.3. The molecule has 1 aromatic carbocycles. The molecule has 0 N–H and O–H groups in total. The highest BCUT2D eigenvalue weighted by atomic mass is 16.7. The number of non-ortho nitro benzene ring substituents is 1. The van der Waals surface area contributed by atoms with E-state index in [9.17, 15) is 14.9 Å². The summed E-state index contributed by atoms with van der Waals surface area (Å²) in [5, 5.41) is 10.6. The van der Waals surface area contributed by atoms with Crippen LogP contribution in [0, 0.1) is 10.1 Å². The monoisotopic (exact) mass is 253 g/mol. The molecule has 18 heavy (non-hydrogen) atoms. The third-order valence-electron chi connectivity index (χ3n) is 2.19. The lowest BCUT2D eigenvalue weighted by atomic mass is 10.1. The fourth-order valence-corrected chi connectivity index (χ4v) is 1.41. The first kappa shape index (κ1) is 14.3.